The van der Waals surface area contributed by atoms with E-state index in [1.165, 1.54) is 5.01 Å². The van der Waals surface area contributed by atoms with Crippen molar-refractivity contribution < 1.29 is 4.79 Å². The molecule has 22 heavy (non-hydrogen) atoms. The fraction of sp³-hybridized carbons (Fsp3) is 0.118. The first-order valence-electron chi connectivity index (χ1n) is 6.89. The maximum absolute atomic E-state index is 12.5. The third-order valence-corrected chi connectivity index (χ3v) is 3.60. The molecule has 2 aromatic carbocycles. The number of hydrogen-bond donors (Lipinski definition) is 0. The Balaban J connectivity index is 1.82. The van der Waals surface area contributed by atoms with Crippen molar-refractivity contribution in [1.29, 1.82) is 0 Å². The van der Waals surface area contributed by atoms with Gasteiger partial charge >= 0.3 is 0 Å². The van der Waals surface area contributed by atoms with Crippen LogP contribution in [0.4, 0.5) is 11.4 Å². The lowest BCUT2D eigenvalue weighted by Gasteiger charge is -2.12. The van der Waals surface area contributed by atoms with E-state index < -0.39 is 5.92 Å². The second-order valence-electron chi connectivity index (χ2n) is 4.96. The van der Waals surface area contributed by atoms with Crippen LogP contribution in [0.25, 0.3) is 0 Å². The minimum absolute atomic E-state index is 0.102. The van der Waals surface area contributed by atoms with Crippen LogP contribution >= 0.6 is 11.6 Å². The van der Waals surface area contributed by atoms with E-state index in [4.69, 9.17) is 11.6 Å². The molecule has 1 heterocycles. The molecule has 0 fully saturated rings. The van der Waals surface area contributed by atoms with Gasteiger partial charge in [-0.3, -0.25) is 9.79 Å². The van der Waals surface area contributed by atoms with Gasteiger partial charge in [-0.15, -0.1) is 0 Å². The Labute approximate surface area is 133 Å². The fourth-order valence-corrected chi connectivity index (χ4v) is 2.41. The number of aliphatic imine (C=N–C) groups is 1. The molecule has 3 rings (SSSR count). The third kappa shape index (κ3) is 2.92. The quantitative estimate of drug-likeness (QED) is 0.788. The van der Waals surface area contributed by atoms with Crippen LogP contribution in [0.2, 0.25) is 5.02 Å². The number of carbonyl (C=O) groups is 1. The standard InChI is InChI=1S/C17H14ClN3O/c1-12-16(11-19-14-7-5-6-13(18)10-14)17(22)21(20-12)15-8-3-2-4-9-15/h2-11,16H,1H3/t16-/m1/s1. The van der Waals surface area contributed by atoms with Gasteiger partial charge in [0.15, 0.2) is 0 Å². The van der Waals surface area contributed by atoms with Crippen molar-refractivity contribution in [1.82, 2.24) is 0 Å². The van der Waals surface area contributed by atoms with Crippen LogP contribution in [-0.2, 0) is 4.79 Å². The summed E-state index contributed by atoms with van der Waals surface area (Å²) in [5.41, 5.74) is 2.19. The van der Waals surface area contributed by atoms with Crippen molar-refractivity contribution >= 4 is 40.8 Å². The topological polar surface area (TPSA) is 45.0 Å². The van der Waals surface area contributed by atoms with E-state index in [1.807, 2.05) is 49.4 Å². The van der Waals surface area contributed by atoms with E-state index in [-0.39, 0.29) is 5.91 Å². The smallest absolute Gasteiger partial charge is 0.261 e. The molecule has 5 heteroatoms. The number of nitrogens with zero attached hydrogens (tertiary/aromatic N) is 3. The highest BCUT2D eigenvalue weighted by molar-refractivity contribution is 6.30. The lowest BCUT2D eigenvalue weighted by atomic mass is 10.1. The van der Waals surface area contributed by atoms with Crippen LogP contribution in [0.15, 0.2) is 64.7 Å². The number of amides is 1. The second-order valence-corrected chi connectivity index (χ2v) is 5.40. The van der Waals surface area contributed by atoms with Crippen LogP contribution in [0, 0.1) is 5.92 Å². The Morgan fingerprint density at radius 1 is 1.18 bits per heavy atom. The van der Waals surface area contributed by atoms with Gasteiger partial charge in [0.2, 0.25) is 0 Å². The third-order valence-electron chi connectivity index (χ3n) is 3.36. The van der Waals surface area contributed by atoms with Crippen LogP contribution in [0.3, 0.4) is 0 Å². The van der Waals surface area contributed by atoms with Crippen molar-refractivity contribution in [3.63, 3.8) is 0 Å². The Kier molecular flexibility index (Phi) is 4.02. The number of carbonyl (C=O) groups excluding carboxylic acids is 1. The normalized spacial score (nSPS) is 18.1. The molecular formula is C17H14ClN3O. The van der Waals surface area contributed by atoms with Gasteiger partial charge in [0.05, 0.1) is 17.1 Å². The second kappa shape index (κ2) is 6.12. The zero-order valence-corrected chi connectivity index (χ0v) is 12.7. The van der Waals surface area contributed by atoms with Gasteiger partial charge in [0, 0.05) is 11.2 Å². The average Bonchev–Trinajstić information content (AvgIpc) is 2.81. The average molecular weight is 312 g/mol. The Hall–Kier alpha value is -2.46. The maximum Gasteiger partial charge on any atom is 0.261 e. The van der Waals surface area contributed by atoms with Crippen LogP contribution < -0.4 is 5.01 Å². The molecule has 0 aromatic heterocycles. The van der Waals surface area contributed by atoms with Gasteiger partial charge in [-0.05, 0) is 37.3 Å². The number of hydrogen-bond acceptors (Lipinski definition) is 3. The minimum atomic E-state index is -0.445. The van der Waals surface area contributed by atoms with E-state index in [2.05, 4.69) is 10.1 Å². The zero-order valence-electron chi connectivity index (χ0n) is 12.0. The van der Waals surface area contributed by atoms with Crippen LogP contribution in [0.5, 0.6) is 0 Å². The molecule has 0 N–H and O–H groups in total. The highest BCUT2D eigenvalue weighted by atomic mass is 35.5. The molecule has 2 aromatic rings. The first kappa shape index (κ1) is 14.5. The van der Waals surface area contributed by atoms with Crippen molar-refractivity contribution in [3.05, 3.63) is 59.6 Å². The Morgan fingerprint density at radius 3 is 2.68 bits per heavy atom. The molecule has 1 amide bonds. The van der Waals surface area contributed by atoms with Crippen molar-refractivity contribution in [3.8, 4) is 0 Å². The van der Waals surface area contributed by atoms with Gasteiger partial charge in [0.1, 0.15) is 5.92 Å². The molecule has 1 atom stereocenters. The molecule has 1 aliphatic heterocycles. The highest BCUT2D eigenvalue weighted by Crippen LogP contribution is 2.24. The summed E-state index contributed by atoms with van der Waals surface area (Å²) in [4.78, 5) is 16.8. The van der Waals surface area contributed by atoms with Gasteiger partial charge in [-0.25, -0.2) is 0 Å². The van der Waals surface area contributed by atoms with Crippen molar-refractivity contribution in [2.24, 2.45) is 16.0 Å². The lowest BCUT2D eigenvalue weighted by molar-refractivity contribution is -0.118. The van der Waals surface area contributed by atoms with Gasteiger partial charge in [0.25, 0.3) is 5.91 Å². The summed E-state index contributed by atoms with van der Waals surface area (Å²) < 4.78 is 0. The number of hydrazone groups is 1. The summed E-state index contributed by atoms with van der Waals surface area (Å²) in [6, 6.07) is 16.5. The molecule has 0 saturated carbocycles. The molecule has 0 aliphatic carbocycles. The minimum Gasteiger partial charge on any atom is -0.271 e. The molecular weight excluding hydrogens is 298 g/mol. The molecule has 0 radical (unpaired) electrons. The molecule has 110 valence electrons. The lowest BCUT2D eigenvalue weighted by Crippen LogP contribution is -2.27. The van der Waals surface area contributed by atoms with Crippen LogP contribution in [0.1, 0.15) is 6.92 Å². The highest BCUT2D eigenvalue weighted by Gasteiger charge is 2.33. The molecule has 4 nitrogen and oxygen atoms in total. The molecule has 0 bridgehead atoms. The Bertz CT molecular complexity index is 756. The molecule has 1 aliphatic rings. The van der Waals surface area contributed by atoms with E-state index in [0.717, 1.165) is 11.4 Å². The zero-order chi connectivity index (χ0) is 15.5. The summed E-state index contributed by atoms with van der Waals surface area (Å²) in [6.07, 6.45) is 1.62. The summed E-state index contributed by atoms with van der Waals surface area (Å²) in [5, 5.41) is 6.37. The summed E-state index contributed by atoms with van der Waals surface area (Å²) in [6.45, 7) is 1.83. The van der Waals surface area contributed by atoms with E-state index in [1.54, 1.807) is 18.3 Å². The SMILES string of the molecule is CC1=NN(c2ccccc2)C(=O)[C@@H]1C=Nc1cccc(Cl)c1. The summed E-state index contributed by atoms with van der Waals surface area (Å²) >= 11 is 5.93. The first-order valence-corrected chi connectivity index (χ1v) is 7.27. The van der Waals surface area contributed by atoms with Crippen LogP contribution in [-0.4, -0.2) is 17.8 Å². The molecule has 0 spiro atoms. The fourth-order valence-electron chi connectivity index (χ4n) is 2.22. The van der Waals surface area contributed by atoms with Crippen molar-refractivity contribution in [2.45, 2.75) is 6.92 Å². The monoisotopic (exact) mass is 311 g/mol. The predicted molar refractivity (Wildman–Crippen MR) is 90.1 cm³/mol. The van der Waals surface area contributed by atoms with Gasteiger partial charge in [-0.1, -0.05) is 35.9 Å². The number of para-hydroxylation sites is 1. The summed E-state index contributed by atoms with van der Waals surface area (Å²) in [5.74, 6) is -0.548. The van der Waals surface area contributed by atoms with Gasteiger partial charge in [-0.2, -0.15) is 10.1 Å². The summed E-state index contributed by atoms with van der Waals surface area (Å²) in [7, 11) is 0. The Morgan fingerprint density at radius 2 is 1.95 bits per heavy atom. The number of halogens is 1. The number of anilines is 1. The van der Waals surface area contributed by atoms with E-state index in [0.29, 0.717) is 10.7 Å². The maximum atomic E-state index is 12.5. The first-order chi connectivity index (χ1) is 10.6. The van der Waals surface area contributed by atoms with E-state index in [9.17, 15) is 4.79 Å². The van der Waals surface area contributed by atoms with Crippen molar-refractivity contribution in [2.75, 3.05) is 5.01 Å². The molecule has 0 unspecified atom stereocenters. The number of rotatable bonds is 3. The number of benzene rings is 2. The largest absolute Gasteiger partial charge is 0.271 e. The molecule has 0 saturated heterocycles. The predicted octanol–water partition coefficient (Wildman–Crippen LogP) is 4.08. The van der Waals surface area contributed by atoms with E-state index >= 15 is 0 Å². The van der Waals surface area contributed by atoms with Gasteiger partial charge < -0.3 is 0 Å².